The maximum Gasteiger partial charge on any atom is 0.394 e. The van der Waals surface area contributed by atoms with Gasteiger partial charge in [0.15, 0.2) is 0 Å². The van der Waals surface area contributed by atoms with E-state index in [-0.39, 0.29) is 0 Å². The van der Waals surface area contributed by atoms with Gasteiger partial charge in [0.25, 0.3) is 0 Å². The van der Waals surface area contributed by atoms with Gasteiger partial charge in [0.05, 0.1) is 0 Å². The molecule has 0 heterocycles. The Morgan fingerprint density at radius 3 is 1.25 bits per heavy atom. The maximum atomic E-state index is 10.8. The van der Waals surface area contributed by atoms with Crippen LogP contribution in [0.2, 0.25) is 0 Å². The Labute approximate surface area is 213 Å². The van der Waals surface area contributed by atoms with Crippen LogP contribution in [0.1, 0.15) is 33.4 Å². The number of benzene rings is 4. The van der Waals surface area contributed by atoms with E-state index in [9.17, 15) is 5.11 Å². The SMILES string of the molecule is O=S(=O)(O)O.Oc1ccc(CCc2ccccc2)c(CCc2ccccc2)c1CCc1ccccc1. The molecule has 0 fully saturated rings. The first-order valence-electron chi connectivity index (χ1n) is 11.9. The summed E-state index contributed by atoms with van der Waals surface area (Å²) in [6.07, 6.45) is 5.75. The lowest BCUT2D eigenvalue weighted by atomic mass is 9.88. The first-order valence-corrected chi connectivity index (χ1v) is 13.3. The summed E-state index contributed by atoms with van der Waals surface area (Å²) >= 11 is 0. The van der Waals surface area contributed by atoms with E-state index in [2.05, 4.69) is 97.1 Å². The van der Waals surface area contributed by atoms with E-state index >= 15 is 0 Å². The third-order valence-electron chi connectivity index (χ3n) is 6.04. The van der Waals surface area contributed by atoms with Crippen molar-refractivity contribution in [3.05, 3.63) is 137 Å². The molecule has 0 aromatic heterocycles. The quantitative estimate of drug-likeness (QED) is 0.240. The molecule has 0 aliphatic heterocycles. The molecule has 4 aromatic carbocycles. The Kier molecular flexibility index (Phi) is 10.2. The van der Waals surface area contributed by atoms with Gasteiger partial charge in [-0.1, -0.05) is 97.1 Å². The minimum Gasteiger partial charge on any atom is -0.508 e. The molecule has 6 heteroatoms. The summed E-state index contributed by atoms with van der Waals surface area (Å²) in [7, 11) is -4.67. The number of hydrogen-bond acceptors (Lipinski definition) is 3. The van der Waals surface area contributed by atoms with E-state index in [0.717, 1.165) is 44.1 Å². The monoisotopic (exact) mass is 504 g/mol. The molecule has 0 radical (unpaired) electrons. The number of phenols is 1. The summed E-state index contributed by atoms with van der Waals surface area (Å²) in [5, 5.41) is 10.8. The van der Waals surface area contributed by atoms with Crippen molar-refractivity contribution in [2.75, 3.05) is 0 Å². The molecule has 36 heavy (non-hydrogen) atoms. The highest BCUT2D eigenvalue weighted by molar-refractivity contribution is 7.79. The molecular formula is C30H32O5S. The Morgan fingerprint density at radius 1 is 0.472 bits per heavy atom. The van der Waals surface area contributed by atoms with Crippen molar-refractivity contribution in [3.63, 3.8) is 0 Å². The molecule has 0 atom stereocenters. The van der Waals surface area contributed by atoms with Gasteiger partial charge in [0, 0.05) is 0 Å². The molecule has 0 saturated carbocycles. The zero-order valence-electron chi connectivity index (χ0n) is 20.1. The summed E-state index contributed by atoms with van der Waals surface area (Å²) in [5.41, 5.74) is 7.82. The van der Waals surface area contributed by atoms with Gasteiger partial charge in [-0.15, -0.1) is 0 Å². The average molecular weight is 505 g/mol. The summed E-state index contributed by atoms with van der Waals surface area (Å²) in [4.78, 5) is 0. The zero-order valence-corrected chi connectivity index (χ0v) is 20.9. The second-order valence-electron chi connectivity index (χ2n) is 8.61. The second kappa shape index (κ2) is 13.6. The summed E-state index contributed by atoms with van der Waals surface area (Å²) in [6.45, 7) is 0. The van der Waals surface area contributed by atoms with Crippen LogP contribution in [0.25, 0.3) is 0 Å². The normalized spacial score (nSPS) is 10.9. The third kappa shape index (κ3) is 9.66. The molecule has 0 aliphatic rings. The van der Waals surface area contributed by atoms with Gasteiger partial charge in [-0.05, 0) is 78.0 Å². The van der Waals surface area contributed by atoms with Crippen LogP contribution in [0.4, 0.5) is 0 Å². The lowest BCUT2D eigenvalue weighted by Crippen LogP contribution is -2.06. The van der Waals surface area contributed by atoms with Crippen LogP contribution in [0.5, 0.6) is 5.75 Å². The molecule has 188 valence electrons. The van der Waals surface area contributed by atoms with Crippen molar-refractivity contribution in [2.45, 2.75) is 38.5 Å². The number of rotatable bonds is 9. The maximum absolute atomic E-state index is 10.8. The van der Waals surface area contributed by atoms with Gasteiger partial charge in [-0.2, -0.15) is 8.42 Å². The van der Waals surface area contributed by atoms with E-state index in [1.807, 2.05) is 6.07 Å². The highest BCUT2D eigenvalue weighted by atomic mass is 32.3. The van der Waals surface area contributed by atoms with Gasteiger partial charge in [-0.25, -0.2) is 0 Å². The molecule has 0 aliphatic carbocycles. The summed E-state index contributed by atoms with van der Waals surface area (Å²) in [6, 6.07) is 35.9. The molecule has 5 nitrogen and oxygen atoms in total. The first-order chi connectivity index (χ1) is 17.3. The predicted octanol–water partition coefficient (Wildman–Crippen LogP) is 6.10. The second-order valence-corrected chi connectivity index (χ2v) is 9.50. The molecule has 0 saturated heterocycles. The summed E-state index contributed by atoms with van der Waals surface area (Å²) in [5.74, 6) is 0.433. The Balaban J connectivity index is 0.000000658. The van der Waals surface area contributed by atoms with Crippen LogP contribution in [-0.4, -0.2) is 22.6 Å². The van der Waals surface area contributed by atoms with Crippen LogP contribution in [0.15, 0.2) is 103 Å². The minimum absolute atomic E-state index is 0.433. The van der Waals surface area contributed by atoms with Crippen molar-refractivity contribution in [1.29, 1.82) is 0 Å². The van der Waals surface area contributed by atoms with Crippen molar-refractivity contribution in [2.24, 2.45) is 0 Å². The lowest BCUT2D eigenvalue weighted by molar-refractivity contribution is 0.381. The smallest absolute Gasteiger partial charge is 0.394 e. The van der Waals surface area contributed by atoms with Gasteiger partial charge in [0.1, 0.15) is 5.75 Å². The molecule has 4 rings (SSSR count). The number of hydrogen-bond donors (Lipinski definition) is 3. The largest absolute Gasteiger partial charge is 0.508 e. The predicted molar refractivity (Wildman–Crippen MR) is 144 cm³/mol. The fourth-order valence-corrected chi connectivity index (χ4v) is 4.31. The van der Waals surface area contributed by atoms with E-state index in [0.29, 0.717) is 5.75 Å². The standard InChI is InChI=1S/C30H30O.H2O4S/c31-30-23-20-27(19-16-24-10-4-1-5-11-24)28(21-17-25-12-6-2-7-13-25)29(30)22-18-26-14-8-3-9-15-26;1-5(2,3)4/h1-15,20,23,31H,16-19,21-22H2;(H2,1,2,3,4). The Hall–Kier alpha value is -3.45. The van der Waals surface area contributed by atoms with Crippen molar-refractivity contribution < 1.29 is 22.6 Å². The number of aromatic hydroxyl groups is 1. The molecule has 0 amide bonds. The van der Waals surface area contributed by atoms with Crippen LogP contribution < -0.4 is 0 Å². The van der Waals surface area contributed by atoms with Gasteiger partial charge >= 0.3 is 10.4 Å². The fraction of sp³-hybridized carbons (Fsp3) is 0.200. The van der Waals surface area contributed by atoms with Gasteiger partial charge in [0.2, 0.25) is 0 Å². The van der Waals surface area contributed by atoms with Gasteiger partial charge < -0.3 is 5.11 Å². The first kappa shape index (κ1) is 27.1. The molecule has 4 aromatic rings. The molecule has 0 spiro atoms. The van der Waals surface area contributed by atoms with E-state index in [1.54, 1.807) is 0 Å². The Morgan fingerprint density at radius 2 is 0.833 bits per heavy atom. The van der Waals surface area contributed by atoms with Crippen molar-refractivity contribution in [3.8, 4) is 5.75 Å². The van der Waals surface area contributed by atoms with Crippen molar-refractivity contribution >= 4 is 10.4 Å². The summed E-state index contributed by atoms with van der Waals surface area (Å²) < 4.78 is 31.6. The van der Waals surface area contributed by atoms with Crippen LogP contribution in [0, 0.1) is 0 Å². The van der Waals surface area contributed by atoms with Crippen LogP contribution in [0.3, 0.4) is 0 Å². The average Bonchev–Trinajstić information content (AvgIpc) is 2.87. The van der Waals surface area contributed by atoms with Crippen LogP contribution >= 0.6 is 0 Å². The lowest BCUT2D eigenvalue weighted by Gasteiger charge is -2.17. The third-order valence-corrected chi connectivity index (χ3v) is 6.04. The van der Waals surface area contributed by atoms with E-state index in [4.69, 9.17) is 17.5 Å². The van der Waals surface area contributed by atoms with Gasteiger partial charge in [-0.3, -0.25) is 9.11 Å². The topological polar surface area (TPSA) is 94.8 Å². The van der Waals surface area contributed by atoms with Crippen LogP contribution in [-0.2, 0) is 48.9 Å². The molecule has 3 N–H and O–H groups in total. The number of aryl methyl sites for hydroxylation is 4. The molecule has 0 bridgehead atoms. The minimum atomic E-state index is -4.67. The van der Waals surface area contributed by atoms with E-state index in [1.165, 1.54) is 27.8 Å². The zero-order chi connectivity index (χ0) is 25.8. The number of phenolic OH excluding ortho intramolecular Hbond substituents is 1. The molecular weight excluding hydrogens is 472 g/mol. The highest BCUT2D eigenvalue weighted by Crippen LogP contribution is 2.29. The fourth-order valence-electron chi connectivity index (χ4n) is 4.31. The van der Waals surface area contributed by atoms with E-state index < -0.39 is 10.4 Å². The molecule has 0 unspecified atom stereocenters. The highest BCUT2D eigenvalue weighted by Gasteiger charge is 2.14. The van der Waals surface area contributed by atoms with Crippen molar-refractivity contribution in [1.82, 2.24) is 0 Å². The Bertz CT molecular complexity index is 1300.